The Bertz CT molecular complexity index is 501. The molecule has 0 saturated carbocycles. The second kappa shape index (κ2) is 4.07. The van der Waals surface area contributed by atoms with E-state index < -0.39 is 11.7 Å². The van der Waals surface area contributed by atoms with Gasteiger partial charge in [-0.05, 0) is 29.5 Å². The molecule has 0 radical (unpaired) electrons. The van der Waals surface area contributed by atoms with Crippen molar-refractivity contribution in [1.82, 2.24) is 0 Å². The lowest BCUT2D eigenvalue weighted by Crippen LogP contribution is -2.06. The molecule has 0 atom stereocenters. The molecule has 0 fully saturated rings. The fourth-order valence-electron chi connectivity index (χ4n) is 1.69. The van der Waals surface area contributed by atoms with Crippen molar-refractivity contribution < 1.29 is 18.3 Å². The van der Waals surface area contributed by atoms with Gasteiger partial charge in [-0.3, -0.25) is 0 Å². The summed E-state index contributed by atoms with van der Waals surface area (Å²) < 4.78 is 38.9. The number of hydrogen-bond acceptors (Lipinski definition) is 2. The molecular formula is C11H9F3OS. The third-order valence-corrected chi connectivity index (χ3v) is 3.36. The number of alkyl halides is 3. The van der Waals surface area contributed by atoms with Gasteiger partial charge in [0.25, 0.3) is 0 Å². The zero-order valence-electron chi connectivity index (χ0n) is 8.21. The molecule has 0 saturated heterocycles. The third kappa shape index (κ3) is 1.92. The average Bonchev–Trinajstić information content (AvgIpc) is 2.61. The Morgan fingerprint density at radius 3 is 2.62 bits per heavy atom. The highest BCUT2D eigenvalue weighted by atomic mass is 32.1. The lowest BCUT2D eigenvalue weighted by Gasteiger charge is -2.09. The summed E-state index contributed by atoms with van der Waals surface area (Å²) >= 11 is 1.27. The van der Waals surface area contributed by atoms with Gasteiger partial charge in [-0.15, -0.1) is 11.3 Å². The predicted molar refractivity (Wildman–Crippen MR) is 57.6 cm³/mol. The van der Waals surface area contributed by atoms with E-state index in [1.807, 2.05) is 0 Å². The molecule has 1 N–H and O–H groups in total. The number of rotatable bonds is 2. The van der Waals surface area contributed by atoms with Crippen LogP contribution in [0.15, 0.2) is 23.6 Å². The number of hydrogen-bond donors (Lipinski definition) is 1. The van der Waals surface area contributed by atoms with E-state index in [-0.39, 0.29) is 18.4 Å². The highest BCUT2D eigenvalue weighted by Crippen LogP contribution is 2.38. The topological polar surface area (TPSA) is 20.2 Å². The van der Waals surface area contributed by atoms with Gasteiger partial charge in [-0.2, -0.15) is 13.2 Å². The number of aliphatic hydroxyl groups is 1. The Hall–Kier alpha value is -1.07. The van der Waals surface area contributed by atoms with E-state index in [1.165, 1.54) is 17.4 Å². The summed E-state index contributed by atoms with van der Waals surface area (Å²) in [6.07, 6.45) is -4.09. The number of halogens is 3. The van der Waals surface area contributed by atoms with Crippen molar-refractivity contribution in [2.24, 2.45) is 0 Å². The number of fused-ring (bicyclic) bond motifs is 1. The molecule has 1 nitrogen and oxygen atoms in total. The summed E-state index contributed by atoms with van der Waals surface area (Å²) in [7, 11) is 0. The Labute approximate surface area is 94.1 Å². The van der Waals surface area contributed by atoms with Crippen LogP contribution >= 0.6 is 11.3 Å². The van der Waals surface area contributed by atoms with Crippen molar-refractivity contribution in [1.29, 1.82) is 0 Å². The van der Waals surface area contributed by atoms with Crippen LogP contribution in [0.3, 0.4) is 0 Å². The van der Waals surface area contributed by atoms with Gasteiger partial charge in [0.15, 0.2) is 0 Å². The van der Waals surface area contributed by atoms with Gasteiger partial charge >= 0.3 is 6.18 Å². The van der Waals surface area contributed by atoms with Gasteiger partial charge < -0.3 is 5.11 Å². The molecule has 0 spiro atoms. The van der Waals surface area contributed by atoms with Crippen LogP contribution in [0.2, 0.25) is 0 Å². The number of aliphatic hydroxyl groups excluding tert-OH is 1. The first-order valence-corrected chi connectivity index (χ1v) is 5.59. The summed E-state index contributed by atoms with van der Waals surface area (Å²) in [5, 5.41) is 10.7. The first kappa shape index (κ1) is 11.4. The van der Waals surface area contributed by atoms with Gasteiger partial charge in [-0.1, -0.05) is 6.07 Å². The van der Waals surface area contributed by atoms with E-state index in [9.17, 15) is 13.2 Å². The Morgan fingerprint density at radius 1 is 1.25 bits per heavy atom. The van der Waals surface area contributed by atoms with E-state index in [1.54, 1.807) is 11.4 Å². The molecule has 0 aliphatic carbocycles. The minimum atomic E-state index is -4.34. The molecule has 0 aliphatic rings. The zero-order valence-corrected chi connectivity index (χ0v) is 9.03. The normalized spacial score (nSPS) is 12.2. The molecule has 0 bridgehead atoms. The number of thiophene rings is 1. The molecule has 16 heavy (non-hydrogen) atoms. The standard InChI is InChI=1S/C11H9F3OS/c12-11(13,14)8-2-1-3-9-10(8)7(4-5-15)6-16-9/h1-3,6,15H,4-5H2. The second-order valence-corrected chi connectivity index (χ2v) is 4.32. The van der Waals surface area contributed by atoms with Crippen LogP contribution in [0.4, 0.5) is 13.2 Å². The van der Waals surface area contributed by atoms with Crippen LogP contribution < -0.4 is 0 Å². The van der Waals surface area contributed by atoms with Gasteiger partial charge in [0.05, 0.1) is 5.56 Å². The Balaban J connectivity index is 2.68. The van der Waals surface area contributed by atoms with E-state index in [2.05, 4.69) is 0 Å². The summed E-state index contributed by atoms with van der Waals surface area (Å²) in [5.41, 5.74) is -0.0508. The lowest BCUT2D eigenvalue weighted by molar-refractivity contribution is -0.136. The molecule has 1 heterocycles. The van der Waals surface area contributed by atoms with Gasteiger partial charge in [0, 0.05) is 16.7 Å². The maximum atomic E-state index is 12.8. The van der Waals surface area contributed by atoms with Gasteiger partial charge in [0.2, 0.25) is 0 Å². The smallest absolute Gasteiger partial charge is 0.396 e. The molecule has 1 aromatic carbocycles. The van der Waals surface area contributed by atoms with E-state index in [4.69, 9.17) is 5.11 Å². The summed E-state index contributed by atoms with van der Waals surface area (Å²) in [4.78, 5) is 0. The summed E-state index contributed by atoms with van der Waals surface area (Å²) in [5.74, 6) is 0. The third-order valence-electron chi connectivity index (χ3n) is 2.36. The summed E-state index contributed by atoms with van der Waals surface area (Å²) in [6, 6.07) is 4.15. The van der Waals surface area contributed by atoms with E-state index in [0.29, 0.717) is 10.3 Å². The van der Waals surface area contributed by atoms with Crippen molar-refractivity contribution in [2.75, 3.05) is 6.61 Å². The highest BCUT2D eigenvalue weighted by molar-refractivity contribution is 7.17. The lowest BCUT2D eigenvalue weighted by atomic mass is 10.0. The predicted octanol–water partition coefficient (Wildman–Crippen LogP) is 3.45. The molecule has 86 valence electrons. The van der Waals surface area contributed by atoms with Crippen LogP contribution in [0.25, 0.3) is 10.1 Å². The highest BCUT2D eigenvalue weighted by Gasteiger charge is 2.33. The molecule has 1 aromatic heterocycles. The van der Waals surface area contributed by atoms with Crippen LogP contribution in [0, 0.1) is 0 Å². The van der Waals surface area contributed by atoms with Crippen molar-refractivity contribution in [3.63, 3.8) is 0 Å². The Morgan fingerprint density at radius 2 is 2.00 bits per heavy atom. The van der Waals surface area contributed by atoms with Crippen molar-refractivity contribution in [3.8, 4) is 0 Å². The van der Waals surface area contributed by atoms with Crippen LogP contribution in [-0.2, 0) is 12.6 Å². The monoisotopic (exact) mass is 246 g/mol. The molecule has 5 heteroatoms. The SMILES string of the molecule is OCCc1csc2cccc(C(F)(F)F)c12. The van der Waals surface area contributed by atoms with Gasteiger partial charge in [0.1, 0.15) is 0 Å². The Kier molecular flexibility index (Phi) is 2.90. The second-order valence-electron chi connectivity index (χ2n) is 3.41. The fraction of sp³-hybridized carbons (Fsp3) is 0.273. The molecular weight excluding hydrogens is 237 g/mol. The largest absolute Gasteiger partial charge is 0.417 e. The van der Waals surface area contributed by atoms with Crippen LogP contribution in [0.1, 0.15) is 11.1 Å². The molecule has 0 unspecified atom stereocenters. The first-order valence-electron chi connectivity index (χ1n) is 4.71. The molecule has 2 aromatic rings. The van der Waals surface area contributed by atoms with Crippen molar-refractivity contribution in [3.05, 3.63) is 34.7 Å². The van der Waals surface area contributed by atoms with E-state index >= 15 is 0 Å². The molecule has 0 aliphatic heterocycles. The number of benzene rings is 1. The van der Waals surface area contributed by atoms with E-state index in [0.717, 1.165) is 6.07 Å². The molecule has 2 rings (SSSR count). The minimum absolute atomic E-state index is 0.141. The fourth-order valence-corrected chi connectivity index (χ4v) is 2.72. The average molecular weight is 246 g/mol. The molecule has 0 amide bonds. The maximum absolute atomic E-state index is 12.8. The summed E-state index contributed by atoms with van der Waals surface area (Å²) in [6.45, 7) is -0.141. The van der Waals surface area contributed by atoms with Crippen LogP contribution in [-0.4, -0.2) is 11.7 Å². The minimum Gasteiger partial charge on any atom is -0.396 e. The van der Waals surface area contributed by atoms with Gasteiger partial charge in [-0.25, -0.2) is 0 Å². The maximum Gasteiger partial charge on any atom is 0.417 e. The quantitative estimate of drug-likeness (QED) is 0.860. The van der Waals surface area contributed by atoms with Crippen LogP contribution in [0.5, 0.6) is 0 Å². The van der Waals surface area contributed by atoms with Crippen molar-refractivity contribution in [2.45, 2.75) is 12.6 Å². The van der Waals surface area contributed by atoms with Crippen molar-refractivity contribution >= 4 is 21.4 Å². The first-order chi connectivity index (χ1) is 7.54. The zero-order chi connectivity index (χ0) is 11.8.